The molecule has 13 nitrogen and oxygen atoms in total. The number of methoxy groups -OCH3 is 2. The highest BCUT2D eigenvalue weighted by atomic mass is 16.7. The van der Waals surface area contributed by atoms with Gasteiger partial charge >= 0.3 is 11.9 Å². The largest absolute Gasteiger partial charge is 0.456 e. The lowest BCUT2D eigenvalue weighted by molar-refractivity contribution is -0.302. The Morgan fingerprint density at radius 3 is 2.18 bits per heavy atom. The minimum atomic E-state index is -2.53. The normalized spacial score (nSPS) is 42.3. The monoisotopic (exact) mass is 777 g/mol. The van der Waals surface area contributed by atoms with E-state index >= 15 is 0 Å². The Morgan fingerprint density at radius 1 is 0.891 bits per heavy atom. The second-order valence-electron chi connectivity index (χ2n) is 17.1. The van der Waals surface area contributed by atoms with E-state index in [-0.39, 0.29) is 48.7 Å². The topological polar surface area (TPSA) is 189 Å². The minimum absolute atomic E-state index is 0.0715. The van der Waals surface area contributed by atoms with Crippen molar-refractivity contribution in [2.75, 3.05) is 14.2 Å². The number of hydrogen-bond donors (Lipinski definition) is 4. The van der Waals surface area contributed by atoms with Crippen molar-refractivity contribution in [2.24, 2.45) is 35.5 Å². The van der Waals surface area contributed by atoms with Crippen LogP contribution in [0.15, 0.2) is 23.9 Å². The number of ether oxygens (including phenoxy) is 4. The molecule has 4 rings (SSSR count). The van der Waals surface area contributed by atoms with E-state index in [1.165, 1.54) is 20.4 Å². The number of cyclic esters (lactones) is 1. The third kappa shape index (κ3) is 10.7. The maximum Gasteiger partial charge on any atom is 0.329 e. The summed E-state index contributed by atoms with van der Waals surface area (Å²) >= 11 is 0. The van der Waals surface area contributed by atoms with Crippen molar-refractivity contribution in [3.05, 3.63) is 23.9 Å². The van der Waals surface area contributed by atoms with E-state index < -0.39 is 84.1 Å². The molecule has 1 amide bonds. The summed E-state index contributed by atoms with van der Waals surface area (Å²) in [7, 11) is 3.06. The number of aliphatic hydroxyl groups is 4. The van der Waals surface area contributed by atoms with Gasteiger partial charge in [0.25, 0.3) is 5.78 Å². The number of carbonyl (C=O) groups excluding carboxylic acids is 4. The Balaban J connectivity index is 1.75. The molecular weight excluding hydrogens is 710 g/mol. The Morgan fingerprint density at radius 2 is 1.55 bits per heavy atom. The quantitative estimate of drug-likeness (QED) is 0.179. The van der Waals surface area contributed by atoms with E-state index in [9.17, 15) is 39.6 Å². The minimum Gasteiger partial charge on any atom is -0.456 e. The van der Waals surface area contributed by atoms with Gasteiger partial charge < -0.3 is 39.4 Å². The summed E-state index contributed by atoms with van der Waals surface area (Å²) in [4.78, 5) is 57.2. The maximum atomic E-state index is 14.2. The van der Waals surface area contributed by atoms with Gasteiger partial charge in [0.15, 0.2) is 0 Å². The number of aliphatic hydroxyl groups excluding tert-OH is 3. The van der Waals surface area contributed by atoms with Gasteiger partial charge in [0.2, 0.25) is 5.79 Å². The molecule has 3 fully saturated rings. The average Bonchev–Trinajstić information content (AvgIpc) is 3.15. The zero-order valence-corrected chi connectivity index (χ0v) is 34.1. The van der Waals surface area contributed by atoms with Crippen LogP contribution >= 0.6 is 0 Å². The first-order valence-corrected chi connectivity index (χ1v) is 20.4. The molecule has 312 valence electrons. The lowest BCUT2D eigenvalue weighted by Crippen LogP contribution is -2.64. The summed E-state index contributed by atoms with van der Waals surface area (Å²) in [5.41, 5.74) is 0.597. The maximum absolute atomic E-state index is 14.2. The molecule has 0 aromatic rings. The van der Waals surface area contributed by atoms with Crippen molar-refractivity contribution in [1.29, 1.82) is 0 Å². The molecule has 1 saturated carbocycles. The van der Waals surface area contributed by atoms with Crippen molar-refractivity contribution in [2.45, 2.75) is 167 Å². The van der Waals surface area contributed by atoms with Gasteiger partial charge in [-0.1, -0.05) is 46.8 Å². The van der Waals surface area contributed by atoms with Crippen LogP contribution < -0.4 is 0 Å². The summed E-state index contributed by atoms with van der Waals surface area (Å²) in [6.45, 7) is 11.2. The number of hydrogen-bond acceptors (Lipinski definition) is 12. The number of allylic oxidation sites excluding steroid dienone is 2. The van der Waals surface area contributed by atoms with Crippen LogP contribution in [0, 0.1) is 35.5 Å². The first-order chi connectivity index (χ1) is 25.9. The fourth-order valence-electron chi connectivity index (χ4n) is 9.27. The lowest BCUT2D eigenvalue weighted by atomic mass is 9.80. The van der Waals surface area contributed by atoms with Gasteiger partial charge in [0, 0.05) is 44.6 Å². The lowest BCUT2D eigenvalue weighted by Gasteiger charge is -2.46. The van der Waals surface area contributed by atoms with Crippen LogP contribution in [0.4, 0.5) is 0 Å². The van der Waals surface area contributed by atoms with Crippen molar-refractivity contribution in [3.8, 4) is 0 Å². The van der Waals surface area contributed by atoms with E-state index in [0.717, 1.165) is 11.3 Å². The summed E-state index contributed by atoms with van der Waals surface area (Å²) in [5.74, 6) is -7.55. The van der Waals surface area contributed by atoms with Crippen LogP contribution in [-0.4, -0.2) is 118 Å². The SMILES string of the molecule is CCC1CC(C)CC(C)CC(OC)C2OC(O)(C(=O)C(=O)N3C=CCCC3C(=O)OC(C(C)=CC3CCC(O)C(O)C3)C(C)C(O)CC1=O)C(C)CC2OC. The Hall–Kier alpha value is -2.52. The summed E-state index contributed by atoms with van der Waals surface area (Å²) in [5, 5.41) is 44.0. The molecule has 2 saturated heterocycles. The van der Waals surface area contributed by atoms with Gasteiger partial charge in [-0.15, -0.1) is 0 Å². The molecule has 3 aliphatic heterocycles. The molecule has 13 heteroatoms. The molecule has 2 bridgehead atoms. The smallest absolute Gasteiger partial charge is 0.329 e. The Labute approximate surface area is 326 Å². The number of ketones is 2. The number of rotatable bonds is 5. The average molecular weight is 778 g/mol. The van der Waals surface area contributed by atoms with Crippen LogP contribution in [0.5, 0.6) is 0 Å². The van der Waals surface area contributed by atoms with Gasteiger partial charge in [-0.2, -0.15) is 0 Å². The predicted octanol–water partition coefficient (Wildman–Crippen LogP) is 4.02. The number of esters is 1. The number of carbonyl (C=O) groups is 4. The van der Waals surface area contributed by atoms with Crippen LogP contribution in [0.25, 0.3) is 0 Å². The van der Waals surface area contributed by atoms with Crippen LogP contribution in [0.2, 0.25) is 0 Å². The van der Waals surface area contributed by atoms with E-state index in [0.29, 0.717) is 50.5 Å². The molecule has 1 aliphatic carbocycles. The molecule has 55 heavy (non-hydrogen) atoms. The summed E-state index contributed by atoms with van der Waals surface area (Å²) < 4.78 is 24.1. The third-order valence-electron chi connectivity index (χ3n) is 12.7. The van der Waals surface area contributed by atoms with E-state index in [2.05, 4.69) is 13.8 Å². The first-order valence-electron chi connectivity index (χ1n) is 20.4. The summed E-state index contributed by atoms with van der Waals surface area (Å²) in [6, 6.07) is -1.23. The molecule has 0 aromatic carbocycles. The molecule has 4 N–H and O–H groups in total. The van der Waals surface area contributed by atoms with Gasteiger partial charge in [-0.25, -0.2) is 4.79 Å². The number of Topliss-reactive ketones (excluding diaryl/α,β-unsaturated/α-hetero) is 2. The standard InChI is InChI=1S/C42H67NO12/c1-9-29-17-23(2)16-24(3)18-35(52-7)38-36(53-8)20-26(5)42(51,55-38)39(48)40(49)43-15-11-10-12-30(43)41(50)54-37(27(6)32(45)22-33(29)46)25(4)19-28-13-14-31(44)34(47)21-28/h11,15,19,23-24,26-32,34-38,44-45,47,51H,9-10,12-14,16-18,20-22H2,1-8H3. The fraction of sp³-hybridized carbons (Fsp3) is 0.810. The summed E-state index contributed by atoms with van der Waals surface area (Å²) in [6.07, 6.45) is 3.33. The molecular formula is C42H67NO12. The van der Waals surface area contributed by atoms with Crippen molar-refractivity contribution < 1.29 is 58.6 Å². The van der Waals surface area contributed by atoms with Crippen LogP contribution in [0.3, 0.4) is 0 Å². The van der Waals surface area contributed by atoms with E-state index in [1.54, 1.807) is 26.8 Å². The van der Waals surface area contributed by atoms with Crippen molar-refractivity contribution in [1.82, 2.24) is 4.90 Å². The van der Waals surface area contributed by atoms with Gasteiger partial charge in [-0.3, -0.25) is 19.3 Å². The molecule has 4 aliphatic rings. The van der Waals surface area contributed by atoms with E-state index in [4.69, 9.17) is 18.9 Å². The first kappa shape index (κ1) is 45.2. The molecule has 3 heterocycles. The Bertz CT molecular complexity index is 1400. The molecule has 15 unspecified atom stereocenters. The molecule has 0 radical (unpaired) electrons. The van der Waals surface area contributed by atoms with Crippen molar-refractivity contribution in [3.63, 3.8) is 0 Å². The number of nitrogens with zero attached hydrogens (tertiary/aromatic N) is 1. The van der Waals surface area contributed by atoms with Crippen molar-refractivity contribution >= 4 is 23.4 Å². The second-order valence-corrected chi connectivity index (χ2v) is 17.1. The fourth-order valence-corrected chi connectivity index (χ4v) is 9.27. The number of fused-ring (bicyclic) bond motifs is 3. The Kier molecular flexibility index (Phi) is 16.2. The van der Waals surface area contributed by atoms with Gasteiger partial charge in [0.05, 0.1) is 30.5 Å². The van der Waals surface area contributed by atoms with Gasteiger partial charge in [-0.05, 0) is 94.5 Å². The zero-order valence-electron chi connectivity index (χ0n) is 34.1. The number of amides is 1. The van der Waals surface area contributed by atoms with Crippen LogP contribution in [-0.2, 0) is 38.1 Å². The molecule has 0 aromatic heterocycles. The zero-order chi connectivity index (χ0) is 40.8. The van der Waals surface area contributed by atoms with Crippen LogP contribution in [0.1, 0.15) is 112 Å². The highest BCUT2D eigenvalue weighted by Crippen LogP contribution is 2.39. The third-order valence-corrected chi connectivity index (χ3v) is 12.7. The second kappa shape index (κ2) is 19.8. The highest BCUT2D eigenvalue weighted by molar-refractivity contribution is 6.39. The molecule has 0 spiro atoms. The van der Waals surface area contributed by atoms with Gasteiger partial charge in [0.1, 0.15) is 24.0 Å². The van der Waals surface area contributed by atoms with E-state index in [1.807, 2.05) is 13.0 Å². The predicted molar refractivity (Wildman–Crippen MR) is 203 cm³/mol. The molecule has 15 atom stereocenters. The highest BCUT2D eigenvalue weighted by Gasteiger charge is 2.56.